The maximum Gasteiger partial charge on any atom is 0.156 e. The minimum atomic E-state index is 0.206. The van der Waals surface area contributed by atoms with Gasteiger partial charge in [0.05, 0.1) is 5.69 Å². The van der Waals surface area contributed by atoms with Crippen LogP contribution in [0.1, 0.15) is 48.3 Å². The first-order chi connectivity index (χ1) is 9.97. The lowest BCUT2D eigenvalue weighted by Gasteiger charge is -2.12. The number of pyridine rings is 1. The van der Waals surface area contributed by atoms with Crippen molar-refractivity contribution in [2.75, 3.05) is 0 Å². The first-order valence-corrected chi connectivity index (χ1v) is 7.74. The Bertz CT molecular complexity index is 628. The number of hydrogen-bond acceptors (Lipinski definition) is 3. The third-order valence-corrected chi connectivity index (χ3v) is 4.12. The Morgan fingerprint density at radius 3 is 2.48 bits per heavy atom. The molecule has 0 saturated carbocycles. The van der Waals surface area contributed by atoms with Crippen LogP contribution >= 0.6 is 0 Å². The highest BCUT2D eigenvalue weighted by atomic mass is 15.3. The standard InChI is InChI=1S/C17H26N4/c1-6-15(18)9-14-8-11(3)17(19-10-14)21-13(5)16(7-2)12(4)20-21/h8,10,15H,6-7,9,18H2,1-5H3. The molecule has 2 rings (SSSR count). The van der Waals surface area contributed by atoms with Gasteiger partial charge in [0.2, 0.25) is 0 Å². The minimum absolute atomic E-state index is 0.206. The van der Waals surface area contributed by atoms with Gasteiger partial charge in [-0.15, -0.1) is 0 Å². The molecule has 2 aromatic heterocycles. The van der Waals surface area contributed by atoms with Crippen LogP contribution in [0.25, 0.3) is 5.82 Å². The van der Waals surface area contributed by atoms with Crippen LogP contribution in [-0.2, 0) is 12.8 Å². The average molecular weight is 286 g/mol. The molecule has 0 aliphatic heterocycles. The summed E-state index contributed by atoms with van der Waals surface area (Å²) in [5, 5.41) is 4.65. The zero-order valence-corrected chi connectivity index (χ0v) is 13.8. The lowest BCUT2D eigenvalue weighted by Crippen LogP contribution is -2.21. The van der Waals surface area contributed by atoms with Gasteiger partial charge in [0.15, 0.2) is 5.82 Å². The molecule has 4 nitrogen and oxygen atoms in total. The molecule has 0 aliphatic carbocycles. The van der Waals surface area contributed by atoms with E-state index in [1.165, 1.54) is 16.8 Å². The fourth-order valence-electron chi connectivity index (χ4n) is 2.80. The molecule has 114 valence electrons. The minimum Gasteiger partial charge on any atom is -0.327 e. The molecule has 21 heavy (non-hydrogen) atoms. The lowest BCUT2D eigenvalue weighted by molar-refractivity contribution is 0.644. The topological polar surface area (TPSA) is 56.7 Å². The van der Waals surface area contributed by atoms with E-state index in [9.17, 15) is 0 Å². The van der Waals surface area contributed by atoms with Crippen molar-refractivity contribution < 1.29 is 0 Å². The summed E-state index contributed by atoms with van der Waals surface area (Å²) < 4.78 is 1.97. The largest absolute Gasteiger partial charge is 0.327 e. The van der Waals surface area contributed by atoms with Gasteiger partial charge in [-0.05, 0) is 56.7 Å². The SMILES string of the molecule is CCc1c(C)nn(-c2ncc(CC(N)CC)cc2C)c1C. The fraction of sp³-hybridized carbons (Fsp3) is 0.529. The number of aryl methyl sites for hydroxylation is 2. The first kappa shape index (κ1) is 15.7. The van der Waals surface area contributed by atoms with Crippen LogP contribution in [0.3, 0.4) is 0 Å². The smallest absolute Gasteiger partial charge is 0.156 e. The molecule has 2 heterocycles. The molecule has 4 heteroatoms. The lowest BCUT2D eigenvalue weighted by atomic mass is 10.1. The van der Waals surface area contributed by atoms with Gasteiger partial charge in [-0.1, -0.05) is 19.9 Å². The number of nitrogens with two attached hydrogens (primary N) is 1. The average Bonchev–Trinajstić information content (AvgIpc) is 2.73. The van der Waals surface area contributed by atoms with Crippen molar-refractivity contribution in [3.05, 3.63) is 40.3 Å². The molecule has 2 N–H and O–H groups in total. The van der Waals surface area contributed by atoms with Gasteiger partial charge in [0, 0.05) is 17.9 Å². The van der Waals surface area contributed by atoms with Crippen molar-refractivity contribution in [2.24, 2.45) is 5.73 Å². The Labute approximate surface area is 127 Å². The Balaban J connectivity index is 2.37. The van der Waals surface area contributed by atoms with E-state index in [1.807, 2.05) is 10.9 Å². The van der Waals surface area contributed by atoms with Gasteiger partial charge in [0.1, 0.15) is 0 Å². The molecule has 0 amide bonds. The summed E-state index contributed by atoms with van der Waals surface area (Å²) in [6.45, 7) is 10.5. The van der Waals surface area contributed by atoms with E-state index in [1.54, 1.807) is 0 Å². The number of rotatable bonds is 5. The third kappa shape index (κ3) is 3.16. The monoisotopic (exact) mass is 286 g/mol. The molecule has 0 aromatic carbocycles. The van der Waals surface area contributed by atoms with E-state index in [0.717, 1.165) is 36.3 Å². The van der Waals surface area contributed by atoms with Crippen molar-refractivity contribution in [3.8, 4) is 5.82 Å². The molecule has 2 aromatic rings. The second-order valence-electron chi connectivity index (χ2n) is 5.77. The summed E-state index contributed by atoms with van der Waals surface area (Å²) in [4.78, 5) is 4.63. The quantitative estimate of drug-likeness (QED) is 0.919. The summed E-state index contributed by atoms with van der Waals surface area (Å²) in [5.41, 5.74) is 12.0. The van der Waals surface area contributed by atoms with Gasteiger partial charge >= 0.3 is 0 Å². The van der Waals surface area contributed by atoms with Crippen molar-refractivity contribution in [3.63, 3.8) is 0 Å². The zero-order valence-electron chi connectivity index (χ0n) is 13.8. The number of nitrogens with zero attached hydrogens (tertiary/aromatic N) is 3. The van der Waals surface area contributed by atoms with Crippen molar-refractivity contribution in [2.45, 2.75) is 59.9 Å². The highest BCUT2D eigenvalue weighted by Crippen LogP contribution is 2.20. The Kier molecular flexibility index (Phi) is 4.78. The first-order valence-electron chi connectivity index (χ1n) is 7.74. The maximum atomic E-state index is 6.02. The van der Waals surface area contributed by atoms with Crippen LogP contribution in [-0.4, -0.2) is 20.8 Å². The maximum absolute atomic E-state index is 6.02. The predicted molar refractivity (Wildman–Crippen MR) is 86.9 cm³/mol. The summed E-state index contributed by atoms with van der Waals surface area (Å²) in [6.07, 6.45) is 4.79. The predicted octanol–water partition coefficient (Wildman–Crippen LogP) is 3.03. The Hall–Kier alpha value is -1.68. The van der Waals surface area contributed by atoms with Crippen LogP contribution in [0.4, 0.5) is 0 Å². The second kappa shape index (κ2) is 6.39. The van der Waals surface area contributed by atoms with E-state index in [0.29, 0.717) is 0 Å². The van der Waals surface area contributed by atoms with Gasteiger partial charge in [-0.2, -0.15) is 5.10 Å². The van der Waals surface area contributed by atoms with E-state index in [4.69, 9.17) is 5.73 Å². The third-order valence-electron chi connectivity index (χ3n) is 4.12. The van der Waals surface area contributed by atoms with Crippen molar-refractivity contribution in [1.29, 1.82) is 0 Å². The number of hydrogen-bond donors (Lipinski definition) is 1. The molecule has 0 aliphatic rings. The Morgan fingerprint density at radius 2 is 1.95 bits per heavy atom. The van der Waals surface area contributed by atoms with Crippen LogP contribution in [0.5, 0.6) is 0 Å². The summed E-state index contributed by atoms with van der Waals surface area (Å²) in [5.74, 6) is 0.920. The van der Waals surface area contributed by atoms with E-state index in [-0.39, 0.29) is 6.04 Å². The summed E-state index contributed by atoms with van der Waals surface area (Å²) in [7, 11) is 0. The molecule has 0 spiro atoms. The van der Waals surface area contributed by atoms with Crippen molar-refractivity contribution >= 4 is 0 Å². The molecule has 1 atom stereocenters. The second-order valence-corrected chi connectivity index (χ2v) is 5.77. The summed E-state index contributed by atoms with van der Waals surface area (Å²) >= 11 is 0. The molecular formula is C17H26N4. The molecule has 0 bridgehead atoms. The molecular weight excluding hydrogens is 260 g/mol. The Morgan fingerprint density at radius 1 is 1.24 bits per heavy atom. The molecule has 1 unspecified atom stereocenters. The highest BCUT2D eigenvalue weighted by Gasteiger charge is 2.14. The van der Waals surface area contributed by atoms with E-state index in [2.05, 4.69) is 50.8 Å². The molecule has 0 radical (unpaired) electrons. The normalized spacial score (nSPS) is 12.7. The van der Waals surface area contributed by atoms with E-state index >= 15 is 0 Å². The molecule has 0 fully saturated rings. The van der Waals surface area contributed by atoms with Crippen LogP contribution < -0.4 is 5.73 Å². The summed E-state index contributed by atoms with van der Waals surface area (Å²) in [6, 6.07) is 2.39. The molecule has 0 saturated heterocycles. The van der Waals surface area contributed by atoms with Crippen molar-refractivity contribution in [1.82, 2.24) is 14.8 Å². The van der Waals surface area contributed by atoms with Gasteiger partial charge < -0.3 is 5.73 Å². The van der Waals surface area contributed by atoms with Crippen LogP contribution in [0.2, 0.25) is 0 Å². The fourth-order valence-corrected chi connectivity index (χ4v) is 2.80. The zero-order chi connectivity index (χ0) is 15.6. The van der Waals surface area contributed by atoms with Gasteiger partial charge in [-0.25, -0.2) is 9.67 Å². The van der Waals surface area contributed by atoms with E-state index < -0.39 is 0 Å². The highest BCUT2D eigenvalue weighted by molar-refractivity contribution is 5.39. The van der Waals surface area contributed by atoms with Crippen LogP contribution in [0, 0.1) is 20.8 Å². The van der Waals surface area contributed by atoms with Gasteiger partial charge in [-0.3, -0.25) is 0 Å². The van der Waals surface area contributed by atoms with Crippen LogP contribution in [0.15, 0.2) is 12.3 Å². The number of aromatic nitrogens is 3. The van der Waals surface area contributed by atoms with Gasteiger partial charge in [0.25, 0.3) is 0 Å².